The summed E-state index contributed by atoms with van der Waals surface area (Å²) in [6.07, 6.45) is -2.17. The maximum atomic E-state index is 12.9. The Hall–Kier alpha value is -1.79. The predicted molar refractivity (Wildman–Crippen MR) is 61.8 cm³/mol. The van der Waals surface area contributed by atoms with E-state index in [1.165, 1.54) is 17.2 Å². The van der Waals surface area contributed by atoms with E-state index in [4.69, 9.17) is 5.11 Å². The summed E-state index contributed by atoms with van der Waals surface area (Å²) in [5.41, 5.74) is -0.818. The van der Waals surface area contributed by atoms with Gasteiger partial charge >= 0.3 is 12.1 Å². The Morgan fingerprint density at radius 3 is 2.84 bits per heavy atom. The molecule has 2 rings (SSSR count). The third-order valence-electron chi connectivity index (χ3n) is 3.16. The lowest BCUT2D eigenvalue weighted by Gasteiger charge is -2.33. The molecule has 19 heavy (non-hydrogen) atoms. The molecule has 0 aromatic carbocycles. The van der Waals surface area contributed by atoms with Crippen molar-refractivity contribution in [2.45, 2.75) is 19.0 Å². The minimum atomic E-state index is -4.49. The van der Waals surface area contributed by atoms with Crippen LogP contribution in [0.3, 0.4) is 0 Å². The lowest BCUT2D eigenvalue weighted by atomic mass is 9.98. The van der Waals surface area contributed by atoms with Gasteiger partial charge in [-0.05, 0) is 25.0 Å². The smallest absolute Gasteiger partial charge is 0.419 e. The summed E-state index contributed by atoms with van der Waals surface area (Å²) in [5.74, 6) is -1.80. The molecule has 2 heterocycles. The van der Waals surface area contributed by atoms with Crippen LogP contribution in [0.4, 0.5) is 19.0 Å². The van der Waals surface area contributed by atoms with E-state index >= 15 is 0 Å². The molecule has 1 aliphatic rings. The van der Waals surface area contributed by atoms with Crippen molar-refractivity contribution in [3.63, 3.8) is 0 Å². The van der Waals surface area contributed by atoms with Crippen molar-refractivity contribution >= 4 is 11.8 Å². The van der Waals surface area contributed by atoms with Crippen molar-refractivity contribution in [3.8, 4) is 0 Å². The molecule has 0 radical (unpaired) electrons. The van der Waals surface area contributed by atoms with Gasteiger partial charge in [0.15, 0.2) is 0 Å². The Labute approximate surface area is 107 Å². The SMILES string of the molecule is O=C(O)[C@H]1CCCN(c2ncccc2C(F)(F)F)C1. The molecule has 1 aromatic heterocycles. The van der Waals surface area contributed by atoms with Crippen molar-refractivity contribution in [1.29, 1.82) is 0 Å². The minimum absolute atomic E-state index is 0.0649. The van der Waals surface area contributed by atoms with Gasteiger partial charge in [-0.25, -0.2) is 4.98 Å². The molecule has 104 valence electrons. The van der Waals surface area contributed by atoms with E-state index in [2.05, 4.69) is 4.98 Å². The van der Waals surface area contributed by atoms with E-state index in [1.54, 1.807) is 0 Å². The second-order valence-electron chi connectivity index (χ2n) is 4.50. The van der Waals surface area contributed by atoms with Crippen LogP contribution in [0.5, 0.6) is 0 Å². The summed E-state index contributed by atoms with van der Waals surface area (Å²) in [7, 11) is 0. The molecular weight excluding hydrogens is 261 g/mol. The molecule has 1 aromatic rings. The average Bonchev–Trinajstić information content (AvgIpc) is 2.38. The Kier molecular flexibility index (Phi) is 3.64. The van der Waals surface area contributed by atoms with E-state index in [1.807, 2.05) is 0 Å². The molecule has 0 spiro atoms. The van der Waals surface area contributed by atoms with Gasteiger partial charge in [-0.15, -0.1) is 0 Å². The topological polar surface area (TPSA) is 53.4 Å². The summed E-state index contributed by atoms with van der Waals surface area (Å²) in [5, 5.41) is 8.96. The van der Waals surface area contributed by atoms with Crippen molar-refractivity contribution in [2.75, 3.05) is 18.0 Å². The summed E-state index contributed by atoms with van der Waals surface area (Å²) in [4.78, 5) is 16.1. The number of hydrogen-bond donors (Lipinski definition) is 1. The van der Waals surface area contributed by atoms with Crippen LogP contribution in [-0.2, 0) is 11.0 Å². The second kappa shape index (κ2) is 5.07. The van der Waals surface area contributed by atoms with Gasteiger partial charge in [0.1, 0.15) is 5.82 Å². The van der Waals surface area contributed by atoms with Crippen LogP contribution in [0.2, 0.25) is 0 Å². The predicted octanol–water partition coefficient (Wildman–Crippen LogP) is 2.40. The highest BCUT2D eigenvalue weighted by atomic mass is 19.4. The van der Waals surface area contributed by atoms with Gasteiger partial charge in [0.05, 0.1) is 11.5 Å². The normalized spacial score (nSPS) is 20.4. The molecule has 1 saturated heterocycles. The van der Waals surface area contributed by atoms with E-state index in [0.29, 0.717) is 19.4 Å². The third kappa shape index (κ3) is 2.97. The first kappa shape index (κ1) is 13.6. The molecule has 1 aliphatic heterocycles. The Bertz CT molecular complexity index is 476. The van der Waals surface area contributed by atoms with Crippen molar-refractivity contribution in [3.05, 3.63) is 23.9 Å². The largest absolute Gasteiger partial charge is 0.481 e. The fourth-order valence-corrected chi connectivity index (χ4v) is 2.24. The monoisotopic (exact) mass is 274 g/mol. The number of carbonyl (C=O) groups is 1. The van der Waals surface area contributed by atoms with Crippen LogP contribution in [0, 0.1) is 5.92 Å². The molecule has 4 nitrogen and oxygen atoms in total. The Morgan fingerprint density at radius 2 is 2.21 bits per heavy atom. The third-order valence-corrected chi connectivity index (χ3v) is 3.16. The summed E-state index contributed by atoms with van der Waals surface area (Å²) < 4.78 is 38.6. The lowest BCUT2D eigenvalue weighted by molar-refractivity contribution is -0.141. The molecule has 0 amide bonds. The van der Waals surface area contributed by atoms with Crippen LogP contribution < -0.4 is 4.90 Å². The van der Waals surface area contributed by atoms with Crippen LogP contribution in [0.1, 0.15) is 18.4 Å². The first-order valence-corrected chi connectivity index (χ1v) is 5.89. The van der Waals surface area contributed by atoms with Crippen molar-refractivity contribution < 1.29 is 23.1 Å². The molecule has 1 N–H and O–H groups in total. The summed E-state index contributed by atoms with van der Waals surface area (Å²) in [6.45, 7) is 0.458. The van der Waals surface area contributed by atoms with E-state index in [-0.39, 0.29) is 12.4 Å². The molecule has 1 fully saturated rings. The van der Waals surface area contributed by atoms with Crippen LogP contribution in [0.15, 0.2) is 18.3 Å². The molecule has 7 heteroatoms. The highest BCUT2D eigenvalue weighted by Gasteiger charge is 2.37. The van der Waals surface area contributed by atoms with Gasteiger partial charge in [-0.1, -0.05) is 0 Å². The van der Waals surface area contributed by atoms with Gasteiger partial charge < -0.3 is 10.0 Å². The molecule has 0 bridgehead atoms. The Balaban J connectivity index is 2.29. The molecule has 0 aliphatic carbocycles. The zero-order chi connectivity index (χ0) is 14.0. The first-order valence-electron chi connectivity index (χ1n) is 5.89. The van der Waals surface area contributed by atoms with Crippen LogP contribution in [-0.4, -0.2) is 29.1 Å². The fourth-order valence-electron chi connectivity index (χ4n) is 2.24. The zero-order valence-electron chi connectivity index (χ0n) is 10.0. The number of carboxylic acids is 1. The van der Waals surface area contributed by atoms with Crippen molar-refractivity contribution in [2.24, 2.45) is 5.92 Å². The number of anilines is 1. The number of alkyl halides is 3. The maximum Gasteiger partial charge on any atom is 0.419 e. The highest BCUT2D eigenvalue weighted by Crippen LogP contribution is 2.36. The molecular formula is C12H13F3N2O2. The minimum Gasteiger partial charge on any atom is -0.481 e. The van der Waals surface area contributed by atoms with Crippen LogP contribution in [0.25, 0.3) is 0 Å². The number of aromatic nitrogens is 1. The highest BCUT2D eigenvalue weighted by molar-refractivity contribution is 5.71. The number of piperidine rings is 1. The number of halogens is 3. The number of nitrogens with zero attached hydrogens (tertiary/aromatic N) is 2. The van der Waals surface area contributed by atoms with E-state index in [9.17, 15) is 18.0 Å². The molecule has 0 unspecified atom stereocenters. The lowest BCUT2D eigenvalue weighted by Crippen LogP contribution is -2.40. The quantitative estimate of drug-likeness (QED) is 0.899. The van der Waals surface area contributed by atoms with Crippen molar-refractivity contribution in [1.82, 2.24) is 4.98 Å². The number of carboxylic acid groups (broad SMARTS) is 1. The maximum absolute atomic E-state index is 12.9. The standard InChI is InChI=1S/C12H13F3N2O2/c13-12(14,15)9-4-1-5-16-10(9)17-6-2-3-8(7-17)11(18)19/h1,4-5,8H,2-3,6-7H2,(H,18,19)/t8-/m0/s1. The van der Waals surface area contributed by atoms with E-state index in [0.717, 1.165) is 6.07 Å². The average molecular weight is 274 g/mol. The van der Waals surface area contributed by atoms with Gasteiger partial charge in [-0.2, -0.15) is 13.2 Å². The zero-order valence-corrected chi connectivity index (χ0v) is 10.0. The second-order valence-corrected chi connectivity index (χ2v) is 4.50. The first-order chi connectivity index (χ1) is 8.89. The summed E-state index contributed by atoms with van der Waals surface area (Å²) >= 11 is 0. The van der Waals surface area contributed by atoms with Crippen LogP contribution >= 0.6 is 0 Å². The van der Waals surface area contributed by atoms with Gasteiger partial charge in [0, 0.05) is 19.3 Å². The van der Waals surface area contributed by atoms with Gasteiger partial charge in [-0.3, -0.25) is 4.79 Å². The number of rotatable bonds is 2. The number of hydrogen-bond acceptors (Lipinski definition) is 3. The Morgan fingerprint density at radius 1 is 1.47 bits per heavy atom. The summed E-state index contributed by atoms with van der Waals surface area (Å²) in [6, 6.07) is 2.19. The number of pyridine rings is 1. The molecule has 1 atom stereocenters. The molecule has 0 saturated carbocycles. The number of aliphatic carboxylic acids is 1. The fraction of sp³-hybridized carbons (Fsp3) is 0.500. The van der Waals surface area contributed by atoms with Gasteiger partial charge in [0.25, 0.3) is 0 Å². The van der Waals surface area contributed by atoms with E-state index < -0.39 is 23.6 Å². The van der Waals surface area contributed by atoms with Gasteiger partial charge in [0.2, 0.25) is 0 Å².